The van der Waals surface area contributed by atoms with Gasteiger partial charge in [-0.2, -0.15) is 16.9 Å². The fraction of sp³-hybridized carbons (Fsp3) is 0.636. The number of anilines is 1. The summed E-state index contributed by atoms with van der Waals surface area (Å²) in [5.41, 5.74) is 4.80. The Balaban J connectivity index is 1.23. The zero-order valence-electron chi connectivity index (χ0n) is 17.5. The summed E-state index contributed by atoms with van der Waals surface area (Å²) in [6, 6.07) is 2.27. The first-order chi connectivity index (χ1) is 14.8. The standard InChI is InChI=1S/C22H30N6OS/c29-21-12-16-14-30-11-7-19(16)26-28(21)10-9-27-8-2-1-4-17(27)13-23-22-18-5-3-6-20(18)24-15-25-22/h12,15,17H,1-11,13-14H2,(H,23,24,25). The van der Waals surface area contributed by atoms with E-state index in [4.69, 9.17) is 0 Å². The number of thioether (sulfide) groups is 1. The Morgan fingerprint density at radius 3 is 3.03 bits per heavy atom. The molecule has 8 heteroatoms. The van der Waals surface area contributed by atoms with Crippen molar-refractivity contribution in [2.24, 2.45) is 0 Å². The van der Waals surface area contributed by atoms with Crippen LogP contribution in [0.15, 0.2) is 17.2 Å². The molecule has 1 saturated heterocycles. The number of rotatable bonds is 6. The second-order valence-corrected chi connectivity index (χ2v) is 9.65. The molecule has 0 saturated carbocycles. The summed E-state index contributed by atoms with van der Waals surface area (Å²) in [6.45, 7) is 3.52. The minimum atomic E-state index is 0.0412. The number of nitrogens with one attached hydrogen (secondary N) is 1. The first-order valence-electron chi connectivity index (χ1n) is 11.3. The number of hydrogen-bond donors (Lipinski definition) is 1. The quantitative estimate of drug-likeness (QED) is 0.759. The van der Waals surface area contributed by atoms with Crippen molar-refractivity contribution in [3.63, 3.8) is 0 Å². The summed E-state index contributed by atoms with van der Waals surface area (Å²) in [5.74, 6) is 3.05. The molecular weight excluding hydrogens is 396 g/mol. The second-order valence-electron chi connectivity index (χ2n) is 8.55. The number of hydrogen-bond acceptors (Lipinski definition) is 7. The molecule has 4 heterocycles. The lowest BCUT2D eigenvalue weighted by atomic mass is 10.0. The van der Waals surface area contributed by atoms with Crippen LogP contribution >= 0.6 is 11.8 Å². The van der Waals surface area contributed by atoms with Crippen LogP contribution in [0.25, 0.3) is 0 Å². The third kappa shape index (κ3) is 4.25. The van der Waals surface area contributed by atoms with E-state index in [-0.39, 0.29) is 5.56 Å². The van der Waals surface area contributed by atoms with Crippen molar-refractivity contribution in [3.05, 3.63) is 45.3 Å². The molecule has 1 N–H and O–H groups in total. The maximum atomic E-state index is 12.5. The fourth-order valence-electron chi connectivity index (χ4n) is 4.95. The Hall–Kier alpha value is -1.93. The van der Waals surface area contributed by atoms with Crippen LogP contribution in [0.2, 0.25) is 0 Å². The molecule has 30 heavy (non-hydrogen) atoms. The van der Waals surface area contributed by atoms with Crippen LogP contribution in [0.4, 0.5) is 5.82 Å². The van der Waals surface area contributed by atoms with Crippen LogP contribution in [0.3, 0.4) is 0 Å². The Kier molecular flexibility index (Phi) is 6.04. The van der Waals surface area contributed by atoms with Gasteiger partial charge in [0.1, 0.15) is 12.1 Å². The Morgan fingerprint density at radius 1 is 1.10 bits per heavy atom. The predicted octanol–water partition coefficient (Wildman–Crippen LogP) is 2.28. The van der Waals surface area contributed by atoms with Gasteiger partial charge >= 0.3 is 0 Å². The average Bonchev–Trinajstić information content (AvgIpc) is 3.26. The van der Waals surface area contributed by atoms with Crippen LogP contribution in [0, 0.1) is 0 Å². The molecule has 0 aromatic carbocycles. The minimum Gasteiger partial charge on any atom is -0.368 e. The highest BCUT2D eigenvalue weighted by atomic mass is 32.2. The molecule has 0 amide bonds. The molecule has 0 radical (unpaired) electrons. The zero-order valence-corrected chi connectivity index (χ0v) is 18.3. The van der Waals surface area contributed by atoms with E-state index in [1.54, 1.807) is 17.1 Å². The van der Waals surface area contributed by atoms with Crippen molar-refractivity contribution in [3.8, 4) is 0 Å². The normalized spacial score (nSPS) is 21.3. The molecule has 1 atom stereocenters. The van der Waals surface area contributed by atoms with Gasteiger partial charge < -0.3 is 5.32 Å². The summed E-state index contributed by atoms with van der Waals surface area (Å²) < 4.78 is 1.69. The van der Waals surface area contributed by atoms with E-state index >= 15 is 0 Å². The van der Waals surface area contributed by atoms with Crippen molar-refractivity contribution < 1.29 is 0 Å². The van der Waals surface area contributed by atoms with E-state index in [2.05, 4.69) is 25.3 Å². The number of aryl methyl sites for hydroxylation is 2. The summed E-state index contributed by atoms with van der Waals surface area (Å²) in [5, 5.41) is 8.30. The van der Waals surface area contributed by atoms with Gasteiger partial charge in [0.05, 0.1) is 12.2 Å². The molecule has 7 nitrogen and oxygen atoms in total. The van der Waals surface area contributed by atoms with Gasteiger partial charge in [-0.15, -0.1) is 0 Å². The topological polar surface area (TPSA) is 75.9 Å². The number of fused-ring (bicyclic) bond motifs is 2. The van der Waals surface area contributed by atoms with E-state index in [0.29, 0.717) is 12.6 Å². The van der Waals surface area contributed by atoms with Gasteiger partial charge in [-0.05, 0) is 50.0 Å². The molecule has 1 fully saturated rings. The number of piperidine rings is 1. The van der Waals surface area contributed by atoms with Gasteiger partial charge in [0.25, 0.3) is 5.56 Å². The predicted molar refractivity (Wildman–Crippen MR) is 120 cm³/mol. The van der Waals surface area contributed by atoms with E-state index in [1.165, 1.54) is 36.9 Å². The molecule has 0 spiro atoms. The average molecular weight is 427 g/mol. The lowest BCUT2D eigenvalue weighted by Crippen LogP contribution is -2.46. The molecule has 5 rings (SSSR count). The van der Waals surface area contributed by atoms with Crippen LogP contribution in [-0.2, 0) is 31.6 Å². The third-order valence-electron chi connectivity index (χ3n) is 6.63. The van der Waals surface area contributed by atoms with Crippen molar-refractivity contribution >= 4 is 17.6 Å². The summed E-state index contributed by atoms with van der Waals surface area (Å²) >= 11 is 1.89. The lowest BCUT2D eigenvalue weighted by Gasteiger charge is -2.36. The van der Waals surface area contributed by atoms with E-state index in [9.17, 15) is 4.79 Å². The minimum absolute atomic E-state index is 0.0412. The van der Waals surface area contributed by atoms with Crippen LogP contribution < -0.4 is 10.9 Å². The highest BCUT2D eigenvalue weighted by Gasteiger charge is 2.24. The first-order valence-corrected chi connectivity index (χ1v) is 12.4. The smallest absolute Gasteiger partial charge is 0.267 e. The van der Waals surface area contributed by atoms with Crippen molar-refractivity contribution in [1.82, 2.24) is 24.6 Å². The van der Waals surface area contributed by atoms with E-state index < -0.39 is 0 Å². The largest absolute Gasteiger partial charge is 0.368 e. The van der Waals surface area contributed by atoms with Gasteiger partial charge in [-0.25, -0.2) is 14.6 Å². The second kappa shape index (κ2) is 9.06. The fourth-order valence-corrected chi connectivity index (χ4v) is 5.90. The Morgan fingerprint density at radius 2 is 2.07 bits per heavy atom. The molecule has 160 valence electrons. The van der Waals surface area contributed by atoms with Gasteiger partial charge in [-0.3, -0.25) is 9.69 Å². The summed E-state index contributed by atoms with van der Waals surface area (Å²) in [7, 11) is 0. The molecule has 2 aromatic rings. The molecule has 2 aliphatic heterocycles. The van der Waals surface area contributed by atoms with Crippen molar-refractivity contribution in [2.75, 3.05) is 30.7 Å². The van der Waals surface area contributed by atoms with Gasteiger partial charge in [0, 0.05) is 48.6 Å². The number of likely N-dealkylation sites (tertiary alicyclic amines) is 1. The molecule has 1 aliphatic carbocycles. The molecule has 2 aromatic heterocycles. The van der Waals surface area contributed by atoms with Gasteiger partial charge in [0.15, 0.2) is 0 Å². The van der Waals surface area contributed by atoms with Crippen LogP contribution in [0.5, 0.6) is 0 Å². The first kappa shape index (κ1) is 20.0. The Bertz CT molecular complexity index is 961. The molecule has 0 bridgehead atoms. The van der Waals surface area contributed by atoms with Crippen LogP contribution in [-0.4, -0.2) is 56.1 Å². The Labute approximate surface area is 181 Å². The van der Waals surface area contributed by atoms with Gasteiger partial charge in [0.2, 0.25) is 0 Å². The highest BCUT2D eigenvalue weighted by Crippen LogP contribution is 2.26. The van der Waals surface area contributed by atoms with Crippen molar-refractivity contribution in [1.29, 1.82) is 0 Å². The highest BCUT2D eigenvalue weighted by molar-refractivity contribution is 7.98. The van der Waals surface area contributed by atoms with Crippen molar-refractivity contribution in [2.45, 2.75) is 63.3 Å². The van der Waals surface area contributed by atoms with E-state index in [1.807, 2.05) is 11.8 Å². The monoisotopic (exact) mass is 426 g/mol. The lowest BCUT2D eigenvalue weighted by molar-refractivity contribution is 0.147. The molecule has 3 aliphatic rings. The molecule has 1 unspecified atom stereocenters. The zero-order chi connectivity index (χ0) is 20.3. The number of aromatic nitrogens is 4. The summed E-state index contributed by atoms with van der Waals surface area (Å²) in [6.07, 6.45) is 9.67. The van der Waals surface area contributed by atoms with Gasteiger partial charge in [-0.1, -0.05) is 6.42 Å². The third-order valence-corrected chi connectivity index (χ3v) is 7.64. The molecular formula is C22H30N6OS. The van der Waals surface area contributed by atoms with E-state index in [0.717, 1.165) is 67.5 Å². The maximum Gasteiger partial charge on any atom is 0.267 e. The van der Waals surface area contributed by atoms with Crippen LogP contribution in [0.1, 0.15) is 48.2 Å². The SMILES string of the molecule is O=c1cc2c(nn1CCN1CCCCC1CNc1ncnc3c1CCC3)CCSC2. The maximum absolute atomic E-state index is 12.5. The number of nitrogens with zero attached hydrogens (tertiary/aromatic N) is 5. The summed E-state index contributed by atoms with van der Waals surface area (Å²) in [4.78, 5) is 24.0.